The van der Waals surface area contributed by atoms with Crippen LogP contribution in [-0.2, 0) is 0 Å². The lowest BCUT2D eigenvalue weighted by Gasteiger charge is -2.26. The summed E-state index contributed by atoms with van der Waals surface area (Å²) in [5.41, 5.74) is 1.72. The van der Waals surface area contributed by atoms with Crippen molar-refractivity contribution in [2.45, 2.75) is 38.3 Å². The second-order valence-electron chi connectivity index (χ2n) is 6.15. The van der Waals surface area contributed by atoms with E-state index in [1.807, 2.05) is 30.0 Å². The van der Waals surface area contributed by atoms with Crippen molar-refractivity contribution in [3.05, 3.63) is 28.8 Å². The van der Waals surface area contributed by atoms with Crippen LogP contribution in [0.4, 0.5) is 10.5 Å². The Bertz CT molecular complexity index is 528. The zero-order valence-electron chi connectivity index (χ0n) is 12.6. The molecule has 2 heterocycles. The molecule has 21 heavy (non-hydrogen) atoms. The van der Waals surface area contributed by atoms with Gasteiger partial charge in [-0.05, 0) is 44.9 Å². The van der Waals surface area contributed by atoms with Gasteiger partial charge in [-0.1, -0.05) is 23.7 Å². The zero-order chi connectivity index (χ0) is 15.0. The number of nitrogens with one attached hydrogen (secondary N) is 1. The molecule has 5 heteroatoms. The predicted octanol–water partition coefficient (Wildman–Crippen LogP) is 3.35. The van der Waals surface area contributed by atoms with Crippen LogP contribution in [0.3, 0.4) is 0 Å². The minimum Gasteiger partial charge on any atom is -0.323 e. The molecule has 0 aromatic heterocycles. The third-order valence-electron chi connectivity index (χ3n) is 4.89. The van der Waals surface area contributed by atoms with Crippen molar-refractivity contribution in [2.24, 2.45) is 0 Å². The topological polar surface area (TPSA) is 35.6 Å². The normalized spacial score (nSPS) is 25.8. The van der Waals surface area contributed by atoms with Crippen LogP contribution in [0.2, 0.25) is 5.02 Å². The molecule has 2 aliphatic heterocycles. The fourth-order valence-corrected chi connectivity index (χ4v) is 3.74. The van der Waals surface area contributed by atoms with Crippen LogP contribution in [0.1, 0.15) is 24.8 Å². The minimum atomic E-state index is -0.0350. The maximum absolute atomic E-state index is 12.5. The van der Waals surface area contributed by atoms with Crippen molar-refractivity contribution in [3.63, 3.8) is 0 Å². The molecule has 1 N–H and O–H groups in total. The summed E-state index contributed by atoms with van der Waals surface area (Å²) < 4.78 is 0. The number of fused-ring (bicyclic) bond motifs is 2. The molecule has 114 valence electrons. The second kappa shape index (κ2) is 5.85. The first-order valence-electron chi connectivity index (χ1n) is 7.59. The first-order chi connectivity index (χ1) is 10.1. The van der Waals surface area contributed by atoms with Gasteiger partial charge in [0.15, 0.2) is 0 Å². The summed E-state index contributed by atoms with van der Waals surface area (Å²) in [4.78, 5) is 16.9. The van der Waals surface area contributed by atoms with E-state index in [0.29, 0.717) is 17.1 Å². The maximum atomic E-state index is 12.5. The van der Waals surface area contributed by atoms with Gasteiger partial charge in [0.2, 0.25) is 0 Å². The van der Waals surface area contributed by atoms with Gasteiger partial charge >= 0.3 is 6.03 Å². The Morgan fingerprint density at radius 1 is 1.29 bits per heavy atom. The molecule has 1 aromatic rings. The number of benzene rings is 1. The number of rotatable bonds is 1. The van der Waals surface area contributed by atoms with E-state index in [0.717, 1.165) is 30.8 Å². The molecule has 0 radical (unpaired) electrons. The molecule has 2 amide bonds. The molecule has 2 fully saturated rings. The molecular formula is C16H22ClN3O. The smallest absolute Gasteiger partial charge is 0.321 e. The molecular weight excluding hydrogens is 286 g/mol. The number of carbonyl (C=O) groups excluding carboxylic acids is 1. The Morgan fingerprint density at radius 3 is 2.81 bits per heavy atom. The van der Waals surface area contributed by atoms with E-state index in [-0.39, 0.29) is 6.03 Å². The summed E-state index contributed by atoms with van der Waals surface area (Å²) in [5, 5.41) is 3.58. The number of nitrogens with zero attached hydrogens (tertiary/aromatic N) is 2. The van der Waals surface area contributed by atoms with E-state index in [9.17, 15) is 4.79 Å². The first kappa shape index (κ1) is 14.7. The van der Waals surface area contributed by atoms with E-state index < -0.39 is 0 Å². The highest BCUT2D eigenvalue weighted by molar-refractivity contribution is 6.33. The average Bonchev–Trinajstić information content (AvgIpc) is 2.67. The van der Waals surface area contributed by atoms with Gasteiger partial charge in [-0.25, -0.2) is 4.79 Å². The lowest BCUT2D eigenvalue weighted by Crippen LogP contribution is -2.41. The Morgan fingerprint density at radius 2 is 2.05 bits per heavy atom. The van der Waals surface area contributed by atoms with Gasteiger partial charge in [0.25, 0.3) is 0 Å². The summed E-state index contributed by atoms with van der Waals surface area (Å²) in [6.07, 6.45) is 3.51. The Kier molecular flexibility index (Phi) is 4.09. The highest BCUT2D eigenvalue weighted by Crippen LogP contribution is 2.30. The van der Waals surface area contributed by atoms with Crippen LogP contribution in [0.25, 0.3) is 0 Å². The molecule has 0 unspecified atom stereocenters. The molecule has 0 aliphatic carbocycles. The minimum absolute atomic E-state index is 0.0350. The van der Waals surface area contributed by atoms with Crippen LogP contribution in [0.15, 0.2) is 18.2 Å². The number of likely N-dealkylation sites (N-methyl/N-ethyl adjacent to an activating group) is 1. The molecule has 2 bridgehead atoms. The lowest BCUT2D eigenvalue weighted by atomic mass is 10.1. The molecule has 3 rings (SSSR count). The fourth-order valence-electron chi connectivity index (χ4n) is 3.47. The van der Waals surface area contributed by atoms with Crippen LogP contribution in [-0.4, -0.2) is 48.1 Å². The number of para-hydroxylation sites is 1. The van der Waals surface area contributed by atoms with Crippen LogP contribution >= 0.6 is 11.6 Å². The standard InChI is InChI=1S/C16H22ClN3O/c1-11-4-3-5-14(17)15(11)18-16(21)20-9-8-12-6-7-13(10-20)19(12)2/h3-5,12-13H,6-10H2,1-2H3,(H,18,21)/t12-,13+/m1/s1. The molecule has 4 nitrogen and oxygen atoms in total. The Balaban J connectivity index is 1.71. The third kappa shape index (κ3) is 2.87. The zero-order valence-corrected chi connectivity index (χ0v) is 13.4. The number of halogens is 1. The number of carbonyl (C=O) groups is 1. The number of hydrogen-bond donors (Lipinski definition) is 1. The summed E-state index contributed by atoms with van der Waals surface area (Å²) in [6, 6.07) is 6.76. The summed E-state index contributed by atoms with van der Waals surface area (Å²) >= 11 is 6.19. The van der Waals surface area contributed by atoms with Gasteiger partial charge in [0.05, 0.1) is 10.7 Å². The summed E-state index contributed by atoms with van der Waals surface area (Å²) in [5.74, 6) is 0. The first-order valence-corrected chi connectivity index (χ1v) is 7.97. The average molecular weight is 308 g/mol. The quantitative estimate of drug-likeness (QED) is 0.863. The number of aryl methyl sites for hydroxylation is 1. The number of anilines is 1. The molecule has 2 atom stereocenters. The van der Waals surface area contributed by atoms with E-state index in [1.165, 1.54) is 12.8 Å². The van der Waals surface area contributed by atoms with E-state index >= 15 is 0 Å². The van der Waals surface area contributed by atoms with Crippen molar-refractivity contribution in [2.75, 3.05) is 25.5 Å². The van der Waals surface area contributed by atoms with Gasteiger partial charge in [-0.2, -0.15) is 0 Å². The largest absolute Gasteiger partial charge is 0.323 e. The van der Waals surface area contributed by atoms with Crippen LogP contribution in [0, 0.1) is 6.92 Å². The van der Waals surface area contributed by atoms with Gasteiger partial charge in [-0.15, -0.1) is 0 Å². The molecule has 2 saturated heterocycles. The number of amides is 2. The van der Waals surface area contributed by atoms with Gasteiger partial charge in [0, 0.05) is 25.2 Å². The number of hydrogen-bond acceptors (Lipinski definition) is 2. The third-order valence-corrected chi connectivity index (χ3v) is 5.20. The van der Waals surface area contributed by atoms with Crippen molar-refractivity contribution in [1.29, 1.82) is 0 Å². The predicted molar refractivity (Wildman–Crippen MR) is 86.0 cm³/mol. The van der Waals surface area contributed by atoms with E-state index in [1.54, 1.807) is 0 Å². The van der Waals surface area contributed by atoms with E-state index in [2.05, 4.69) is 17.3 Å². The number of likely N-dealkylation sites (tertiary alicyclic amines) is 1. The van der Waals surface area contributed by atoms with Crippen molar-refractivity contribution in [1.82, 2.24) is 9.80 Å². The van der Waals surface area contributed by atoms with Crippen LogP contribution < -0.4 is 5.32 Å². The Hall–Kier alpha value is -1.26. The monoisotopic (exact) mass is 307 g/mol. The van der Waals surface area contributed by atoms with Crippen molar-refractivity contribution in [3.8, 4) is 0 Å². The van der Waals surface area contributed by atoms with Crippen LogP contribution in [0.5, 0.6) is 0 Å². The van der Waals surface area contributed by atoms with Gasteiger partial charge in [0.1, 0.15) is 0 Å². The lowest BCUT2D eigenvalue weighted by molar-refractivity contribution is 0.200. The highest BCUT2D eigenvalue weighted by Gasteiger charge is 2.36. The number of urea groups is 1. The molecule has 2 aliphatic rings. The summed E-state index contributed by atoms with van der Waals surface area (Å²) in [7, 11) is 2.18. The molecule has 0 saturated carbocycles. The SMILES string of the molecule is Cc1cccc(Cl)c1NC(=O)N1CC[C@H]2CC[C@@H](C1)N2C. The highest BCUT2D eigenvalue weighted by atomic mass is 35.5. The molecule has 0 spiro atoms. The summed E-state index contributed by atoms with van der Waals surface area (Å²) in [6.45, 7) is 3.59. The maximum Gasteiger partial charge on any atom is 0.321 e. The van der Waals surface area contributed by atoms with Gasteiger partial charge in [-0.3, -0.25) is 4.90 Å². The van der Waals surface area contributed by atoms with Crippen molar-refractivity contribution < 1.29 is 4.79 Å². The van der Waals surface area contributed by atoms with E-state index in [4.69, 9.17) is 11.6 Å². The fraction of sp³-hybridized carbons (Fsp3) is 0.562. The van der Waals surface area contributed by atoms with Crippen molar-refractivity contribution >= 4 is 23.3 Å². The molecule has 1 aromatic carbocycles. The van der Waals surface area contributed by atoms with Gasteiger partial charge < -0.3 is 10.2 Å². The second-order valence-corrected chi connectivity index (χ2v) is 6.55. The Labute approximate surface area is 131 Å².